The number of aromatic hydroxyl groups is 1. The summed E-state index contributed by atoms with van der Waals surface area (Å²) >= 11 is 0. The molecule has 0 saturated heterocycles. The molecule has 1 amide bonds. The second-order valence-corrected chi connectivity index (χ2v) is 3.04. The number of rotatable bonds is 2. The lowest BCUT2D eigenvalue weighted by Crippen LogP contribution is -2.30. The highest BCUT2D eigenvalue weighted by Crippen LogP contribution is 2.31. The van der Waals surface area contributed by atoms with Crippen LogP contribution in [-0.4, -0.2) is 33.2 Å². The summed E-state index contributed by atoms with van der Waals surface area (Å²) in [6.07, 6.45) is -4.56. The van der Waals surface area contributed by atoms with E-state index in [-0.39, 0.29) is 0 Å². The van der Waals surface area contributed by atoms with E-state index in [2.05, 4.69) is 4.98 Å². The van der Waals surface area contributed by atoms with Crippen molar-refractivity contribution < 1.29 is 33.0 Å². The largest absolute Gasteiger partial charge is 0.503 e. The Bertz CT molecular complexity index is 515. The van der Waals surface area contributed by atoms with Crippen molar-refractivity contribution >= 4 is 23.4 Å². The van der Waals surface area contributed by atoms with Crippen LogP contribution in [0.25, 0.3) is 0 Å². The molecule has 98 valence electrons. The van der Waals surface area contributed by atoms with Gasteiger partial charge in [0.2, 0.25) is 0 Å². The topological polar surface area (TPSA) is 126 Å². The number of nitrogens with one attached hydrogen (secondary N) is 1. The molecule has 0 bridgehead atoms. The number of pyridine rings is 1. The third-order valence-electron chi connectivity index (χ3n) is 1.81. The van der Waals surface area contributed by atoms with Crippen molar-refractivity contribution in [3.63, 3.8) is 0 Å². The van der Waals surface area contributed by atoms with Crippen LogP contribution in [0.5, 0.6) is 5.75 Å². The number of aromatic carboxylic acids is 1. The van der Waals surface area contributed by atoms with Gasteiger partial charge in [0.15, 0.2) is 11.6 Å². The first-order valence-electron chi connectivity index (χ1n) is 4.23. The fourth-order valence-electron chi connectivity index (χ4n) is 0.955. The van der Waals surface area contributed by atoms with Crippen LogP contribution in [0, 0.1) is 0 Å². The van der Waals surface area contributed by atoms with Crippen molar-refractivity contribution in [1.82, 2.24) is 4.98 Å². The number of nitrogens with zero attached hydrogens (tertiary/aromatic N) is 1. The smallest absolute Gasteiger partial charge is 0.471 e. The maximum atomic E-state index is 11.9. The van der Waals surface area contributed by atoms with Gasteiger partial charge < -0.3 is 15.9 Å². The fraction of sp³-hybridized carbons (Fsp3) is 0.125. The number of carbonyl (C=O) groups excluding carboxylic acids is 1. The number of nitrogens with two attached hydrogens (primary N) is 1. The van der Waals surface area contributed by atoms with E-state index < -0.39 is 40.9 Å². The number of aromatic nitrogens is 1. The first kappa shape index (κ1) is 13.5. The van der Waals surface area contributed by atoms with E-state index in [0.717, 1.165) is 0 Å². The van der Waals surface area contributed by atoms with Crippen molar-refractivity contribution in [2.75, 3.05) is 11.1 Å². The predicted molar refractivity (Wildman–Crippen MR) is 52.0 cm³/mol. The molecule has 18 heavy (non-hydrogen) atoms. The highest BCUT2D eigenvalue weighted by molar-refractivity contribution is 5.99. The van der Waals surface area contributed by atoms with Gasteiger partial charge in [-0.2, -0.15) is 13.2 Å². The Balaban J connectivity index is 3.11. The first-order valence-corrected chi connectivity index (χ1v) is 4.23. The Morgan fingerprint density at radius 2 is 1.94 bits per heavy atom. The third-order valence-corrected chi connectivity index (χ3v) is 1.81. The molecule has 1 heterocycles. The Morgan fingerprint density at radius 3 is 2.39 bits per heavy atom. The number of alkyl halides is 3. The molecular formula is C8H6F3N3O4. The molecule has 0 fully saturated rings. The van der Waals surface area contributed by atoms with Gasteiger partial charge in [0.1, 0.15) is 5.56 Å². The Hall–Kier alpha value is -2.52. The number of hydrogen-bond donors (Lipinski definition) is 4. The number of carboxylic acids is 1. The molecule has 0 aliphatic rings. The average Bonchev–Trinajstić information content (AvgIpc) is 2.22. The van der Waals surface area contributed by atoms with Crippen LogP contribution < -0.4 is 11.1 Å². The van der Waals surface area contributed by atoms with Crippen LogP contribution in [0.3, 0.4) is 0 Å². The van der Waals surface area contributed by atoms with Crippen LogP contribution in [-0.2, 0) is 4.79 Å². The molecule has 0 aliphatic heterocycles. The molecule has 0 saturated carbocycles. The van der Waals surface area contributed by atoms with Gasteiger partial charge in [-0.15, -0.1) is 0 Å². The molecular weight excluding hydrogens is 259 g/mol. The molecule has 1 rings (SSSR count). The van der Waals surface area contributed by atoms with Crippen molar-refractivity contribution in [3.8, 4) is 5.75 Å². The van der Waals surface area contributed by atoms with Crippen molar-refractivity contribution in [2.45, 2.75) is 6.18 Å². The summed E-state index contributed by atoms with van der Waals surface area (Å²) in [6, 6.07) is 0. The number of halogens is 3. The minimum absolute atomic E-state index is 0.600. The van der Waals surface area contributed by atoms with Crippen LogP contribution in [0.1, 0.15) is 10.4 Å². The van der Waals surface area contributed by atoms with E-state index in [0.29, 0.717) is 6.20 Å². The van der Waals surface area contributed by atoms with E-state index in [9.17, 15) is 27.9 Å². The number of carboxylic acid groups (broad SMARTS) is 1. The van der Waals surface area contributed by atoms with Crippen molar-refractivity contribution in [3.05, 3.63) is 11.8 Å². The molecule has 0 aromatic carbocycles. The molecule has 0 spiro atoms. The van der Waals surface area contributed by atoms with Gasteiger partial charge in [-0.1, -0.05) is 0 Å². The minimum atomic E-state index is -5.17. The Labute approximate surface area is 97.0 Å². The van der Waals surface area contributed by atoms with Crippen LogP contribution in [0.2, 0.25) is 0 Å². The Morgan fingerprint density at radius 1 is 1.39 bits per heavy atom. The van der Waals surface area contributed by atoms with Crippen LogP contribution >= 0.6 is 0 Å². The van der Waals surface area contributed by atoms with Gasteiger partial charge in [0.25, 0.3) is 0 Å². The van der Waals surface area contributed by atoms with E-state index in [1.807, 2.05) is 0 Å². The summed E-state index contributed by atoms with van der Waals surface area (Å²) in [4.78, 5) is 24.3. The second kappa shape index (κ2) is 4.39. The SMILES string of the molecule is Nc1c(C(=O)O)cnc(NC(=O)C(F)(F)F)c1O. The zero-order valence-corrected chi connectivity index (χ0v) is 8.45. The summed E-state index contributed by atoms with van der Waals surface area (Å²) < 4.78 is 35.8. The summed E-state index contributed by atoms with van der Waals surface area (Å²) in [5.74, 6) is -5.82. The molecule has 1 aromatic heterocycles. The molecule has 5 N–H and O–H groups in total. The molecule has 0 unspecified atom stereocenters. The summed E-state index contributed by atoms with van der Waals surface area (Å²) in [6.45, 7) is 0. The van der Waals surface area contributed by atoms with Crippen molar-refractivity contribution in [2.24, 2.45) is 0 Å². The predicted octanol–water partition coefficient (Wildman–Crippen LogP) is 0.568. The van der Waals surface area contributed by atoms with Gasteiger partial charge in [-0.3, -0.25) is 10.1 Å². The van der Waals surface area contributed by atoms with Gasteiger partial charge in [-0.25, -0.2) is 9.78 Å². The number of carbonyl (C=O) groups is 2. The molecule has 0 aliphatic carbocycles. The minimum Gasteiger partial charge on any atom is -0.503 e. The maximum Gasteiger partial charge on any atom is 0.471 e. The maximum absolute atomic E-state index is 11.9. The van der Waals surface area contributed by atoms with E-state index in [1.165, 1.54) is 5.32 Å². The van der Waals surface area contributed by atoms with E-state index in [1.54, 1.807) is 0 Å². The molecule has 10 heteroatoms. The average molecular weight is 265 g/mol. The van der Waals surface area contributed by atoms with Crippen LogP contribution in [0.15, 0.2) is 6.20 Å². The Kier molecular flexibility index (Phi) is 3.30. The zero-order valence-electron chi connectivity index (χ0n) is 8.45. The quantitative estimate of drug-likeness (QED) is 0.619. The molecule has 0 atom stereocenters. The first-order chi connectivity index (χ1) is 8.14. The number of amides is 1. The van der Waals surface area contributed by atoms with E-state index >= 15 is 0 Å². The second-order valence-electron chi connectivity index (χ2n) is 3.04. The zero-order chi connectivity index (χ0) is 14.1. The molecule has 0 radical (unpaired) electrons. The lowest BCUT2D eigenvalue weighted by atomic mass is 10.2. The van der Waals surface area contributed by atoms with E-state index in [4.69, 9.17) is 10.8 Å². The number of anilines is 2. The van der Waals surface area contributed by atoms with Gasteiger partial charge in [-0.05, 0) is 0 Å². The summed E-state index contributed by atoms with van der Waals surface area (Å²) in [5, 5.41) is 19.2. The highest BCUT2D eigenvalue weighted by Gasteiger charge is 2.39. The monoisotopic (exact) mass is 265 g/mol. The van der Waals surface area contributed by atoms with Gasteiger partial charge in [0.05, 0.1) is 5.69 Å². The normalized spacial score (nSPS) is 11.1. The molecule has 1 aromatic rings. The standard InChI is InChI=1S/C8H6F3N3O4/c9-8(10,11)7(18)14-5-4(15)3(12)2(1-13-5)6(16)17/h1,15H,(H,16,17)(H3,12,13,14,18). The fourth-order valence-corrected chi connectivity index (χ4v) is 0.955. The van der Waals surface area contributed by atoms with Gasteiger partial charge >= 0.3 is 18.1 Å². The van der Waals surface area contributed by atoms with Crippen LogP contribution in [0.4, 0.5) is 24.7 Å². The van der Waals surface area contributed by atoms with Crippen molar-refractivity contribution in [1.29, 1.82) is 0 Å². The van der Waals surface area contributed by atoms with Gasteiger partial charge in [0, 0.05) is 6.20 Å². The lowest BCUT2D eigenvalue weighted by molar-refractivity contribution is -0.167. The third kappa shape index (κ3) is 2.59. The number of nitrogen functional groups attached to an aromatic ring is 1. The number of hydrogen-bond acceptors (Lipinski definition) is 5. The molecule has 7 nitrogen and oxygen atoms in total. The summed E-state index contributed by atoms with van der Waals surface area (Å²) in [5.41, 5.74) is 3.87. The lowest BCUT2D eigenvalue weighted by Gasteiger charge is -2.10. The summed E-state index contributed by atoms with van der Waals surface area (Å²) in [7, 11) is 0. The highest BCUT2D eigenvalue weighted by atomic mass is 19.4.